The summed E-state index contributed by atoms with van der Waals surface area (Å²) in [6, 6.07) is 21.8. The van der Waals surface area contributed by atoms with E-state index >= 15 is 0 Å². The van der Waals surface area contributed by atoms with Gasteiger partial charge in [0.05, 0.1) is 23.4 Å². The average molecular weight is 400 g/mol. The highest BCUT2D eigenvalue weighted by atomic mass is 16.5. The van der Waals surface area contributed by atoms with Gasteiger partial charge in [0.1, 0.15) is 5.69 Å². The minimum absolute atomic E-state index is 0.190. The highest BCUT2D eigenvalue weighted by Gasteiger charge is 2.18. The van der Waals surface area contributed by atoms with Crippen molar-refractivity contribution in [1.82, 2.24) is 10.3 Å². The summed E-state index contributed by atoms with van der Waals surface area (Å²) in [6.07, 6.45) is 1.54. The molecule has 0 radical (unpaired) electrons. The molecule has 0 saturated heterocycles. The Morgan fingerprint density at radius 1 is 1.03 bits per heavy atom. The molecule has 0 spiro atoms. The lowest BCUT2D eigenvalue weighted by atomic mass is 10.1. The van der Waals surface area contributed by atoms with E-state index in [1.54, 1.807) is 30.5 Å². The first kappa shape index (κ1) is 19.4. The van der Waals surface area contributed by atoms with Crippen molar-refractivity contribution in [2.45, 2.75) is 13.0 Å². The van der Waals surface area contributed by atoms with Crippen LogP contribution in [0.1, 0.15) is 28.9 Å². The molecule has 2 heterocycles. The number of nitrogens with one attached hydrogen (secondary N) is 1. The van der Waals surface area contributed by atoms with Gasteiger partial charge in [0.2, 0.25) is 0 Å². The first-order valence-electron chi connectivity index (χ1n) is 9.57. The van der Waals surface area contributed by atoms with Gasteiger partial charge < -0.3 is 14.5 Å². The molecular formula is C24H20N2O4. The summed E-state index contributed by atoms with van der Waals surface area (Å²) in [4.78, 5) is 29.6. The smallest absolute Gasteiger partial charge is 0.339 e. The van der Waals surface area contributed by atoms with Crippen molar-refractivity contribution in [2.24, 2.45) is 0 Å². The predicted octanol–water partition coefficient (Wildman–Crippen LogP) is 4.53. The number of furan rings is 1. The number of nitrogens with zero attached hydrogens (tertiary/aromatic N) is 1. The second-order valence-corrected chi connectivity index (χ2v) is 6.83. The van der Waals surface area contributed by atoms with E-state index in [1.807, 2.05) is 55.5 Å². The number of esters is 1. The van der Waals surface area contributed by atoms with E-state index in [2.05, 4.69) is 10.3 Å². The predicted molar refractivity (Wildman–Crippen MR) is 113 cm³/mol. The molecule has 0 aliphatic heterocycles. The number of para-hydroxylation sites is 1. The van der Waals surface area contributed by atoms with Crippen molar-refractivity contribution in [3.8, 4) is 11.5 Å². The maximum absolute atomic E-state index is 12.8. The second-order valence-electron chi connectivity index (χ2n) is 6.83. The van der Waals surface area contributed by atoms with E-state index in [9.17, 15) is 9.59 Å². The van der Waals surface area contributed by atoms with Crippen LogP contribution in [0.15, 0.2) is 83.5 Å². The average Bonchev–Trinajstić information content (AvgIpc) is 3.32. The molecule has 4 rings (SSSR count). The summed E-state index contributed by atoms with van der Waals surface area (Å²) in [6.45, 7) is 1.50. The fraction of sp³-hybridized carbons (Fsp3) is 0.125. The van der Waals surface area contributed by atoms with Gasteiger partial charge in [0, 0.05) is 5.39 Å². The molecule has 6 nitrogen and oxygen atoms in total. The molecule has 30 heavy (non-hydrogen) atoms. The Morgan fingerprint density at radius 3 is 2.57 bits per heavy atom. The third-order valence-corrected chi connectivity index (χ3v) is 4.72. The third kappa shape index (κ3) is 4.22. The van der Waals surface area contributed by atoms with Crippen molar-refractivity contribution in [3.63, 3.8) is 0 Å². The molecule has 1 atom stereocenters. The number of hydrogen-bond donors (Lipinski definition) is 1. The highest BCUT2D eigenvalue weighted by molar-refractivity contribution is 6.05. The van der Waals surface area contributed by atoms with E-state index in [-0.39, 0.29) is 18.6 Å². The Hall–Kier alpha value is -3.93. The number of carbonyl (C=O) groups excluding carboxylic acids is 2. The van der Waals surface area contributed by atoms with Gasteiger partial charge in [-0.05, 0) is 36.8 Å². The van der Waals surface area contributed by atoms with Gasteiger partial charge in [-0.25, -0.2) is 9.78 Å². The molecular weight excluding hydrogens is 380 g/mol. The monoisotopic (exact) mass is 400 g/mol. The summed E-state index contributed by atoms with van der Waals surface area (Å²) >= 11 is 0. The van der Waals surface area contributed by atoms with Crippen LogP contribution in [0.3, 0.4) is 0 Å². The lowest BCUT2D eigenvalue weighted by Crippen LogP contribution is -2.31. The standard InChI is InChI=1S/C24H20N2O4/c1-16(17-8-3-2-4-9-17)25-23(27)15-30-24(28)19-14-21(22-12-7-13-29-22)26-20-11-6-5-10-18(19)20/h2-14,16H,15H2,1H3,(H,25,27)/t16-/m1/s1. The van der Waals surface area contributed by atoms with E-state index in [1.165, 1.54) is 0 Å². The Bertz CT molecular complexity index is 1170. The summed E-state index contributed by atoms with van der Waals surface area (Å²) in [5.41, 5.74) is 2.46. The molecule has 1 amide bonds. The van der Waals surface area contributed by atoms with Gasteiger partial charge in [0.15, 0.2) is 12.4 Å². The number of benzene rings is 2. The highest BCUT2D eigenvalue weighted by Crippen LogP contribution is 2.25. The van der Waals surface area contributed by atoms with E-state index in [4.69, 9.17) is 9.15 Å². The number of rotatable bonds is 6. The molecule has 6 heteroatoms. The van der Waals surface area contributed by atoms with Crippen molar-refractivity contribution >= 4 is 22.8 Å². The SMILES string of the molecule is C[C@@H](NC(=O)COC(=O)c1cc(-c2ccco2)nc2ccccc12)c1ccccc1. The van der Waals surface area contributed by atoms with Crippen molar-refractivity contribution in [3.05, 3.63) is 90.2 Å². The zero-order valence-corrected chi connectivity index (χ0v) is 16.4. The second kappa shape index (κ2) is 8.61. The molecule has 2 aromatic heterocycles. The first-order valence-corrected chi connectivity index (χ1v) is 9.57. The molecule has 2 aromatic carbocycles. The van der Waals surface area contributed by atoms with Crippen LogP contribution >= 0.6 is 0 Å². The van der Waals surface area contributed by atoms with E-state index in [0.29, 0.717) is 27.9 Å². The molecule has 0 unspecified atom stereocenters. The molecule has 0 bridgehead atoms. The number of carbonyl (C=O) groups is 2. The number of fused-ring (bicyclic) bond motifs is 1. The minimum atomic E-state index is -0.594. The molecule has 4 aromatic rings. The Labute approximate surface area is 173 Å². The normalized spacial score (nSPS) is 11.8. The summed E-state index contributed by atoms with van der Waals surface area (Å²) in [7, 11) is 0. The van der Waals surface area contributed by atoms with Gasteiger partial charge in [-0.3, -0.25) is 4.79 Å². The lowest BCUT2D eigenvalue weighted by molar-refractivity contribution is -0.124. The van der Waals surface area contributed by atoms with Crippen LogP contribution in [0.2, 0.25) is 0 Å². The van der Waals surface area contributed by atoms with Gasteiger partial charge in [-0.1, -0.05) is 48.5 Å². The van der Waals surface area contributed by atoms with Crippen LogP contribution in [-0.2, 0) is 9.53 Å². The van der Waals surface area contributed by atoms with Gasteiger partial charge in [0.25, 0.3) is 5.91 Å². The number of pyridine rings is 1. The Kier molecular flexibility index (Phi) is 5.57. The van der Waals surface area contributed by atoms with Crippen LogP contribution in [0.25, 0.3) is 22.4 Å². The van der Waals surface area contributed by atoms with E-state index < -0.39 is 5.97 Å². The third-order valence-electron chi connectivity index (χ3n) is 4.72. The van der Waals surface area contributed by atoms with Gasteiger partial charge >= 0.3 is 5.97 Å². The van der Waals surface area contributed by atoms with Gasteiger partial charge in [-0.2, -0.15) is 0 Å². The number of aromatic nitrogens is 1. The molecule has 0 aliphatic rings. The lowest BCUT2D eigenvalue weighted by Gasteiger charge is -2.14. The summed E-state index contributed by atoms with van der Waals surface area (Å²) in [5, 5.41) is 3.48. The molecule has 0 saturated carbocycles. The molecule has 0 aliphatic carbocycles. The fourth-order valence-corrected chi connectivity index (χ4v) is 3.21. The number of ether oxygens (including phenoxy) is 1. The Balaban J connectivity index is 1.50. The number of amides is 1. The van der Waals surface area contributed by atoms with Crippen LogP contribution in [-0.4, -0.2) is 23.5 Å². The fourth-order valence-electron chi connectivity index (χ4n) is 3.21. The zero-order valence-electron chi connectivity index (χ0n) is 16.4. The van der Waals surface area contributed by atoms with Crippen LogP contribution in [0.5, 0.6) is 0 Å². The number of hydrogen-bond acceptors (Lipinski definition) is 5. The topological polar surface area (TPSA) is 81.4 Å². The van der Waals surface area contributed by atoms with Crippen molar-refractivity contribution < 1.29 is 18.7 Å². The quantitative estimate of drug-likeness (QED) is 0.481. The zero-order chi connectivity index (χ0) is 20.9. The molecule has 150 valence electrons. The summed E-state index contributed by atoms with van der Waals surface area (Å²) < 4.78 is 10.7. The first-order chi connectivity index (χ1) is 14.6. The van der Waals surface area contributed by atoms with Crippen molar-refractivity contribution in [1.29, 1.82) is 0 Å². The largest absolute Gasteiger partial charge is 0.463 e. The maximum Gasteiger partial charge on any atom is 0.339 e. The Morgan fingerprint density at radius 2 is 1.80 bits per heavy atom. The summed E-state index contributed by atoms with van der Waals surface area (Å²) in [5.74, 6) is -0.419. The van der Waals surface area contributed by atoms with E-state index in [0.717, 1.165) is 5.56 Å². The van der Waals surface area contributed by atoms with Crippen LogP contribution < -0.4 is 5.32 Å². The maximum atomic E-state index is 12.8. The minimum Gasteiger partial charge on any atom is -0.463 e. The van der Waals surface area contributed by atoms with Crippen LogP contribution in [0, 0.1) is 0 Å². The van der Waals surface area contributed by atoms with Crippen LogP contribution in [0.4, 0.5) is 0 Å². The van der Waals surface area contributed by atoms with Gasteiger partial charge in [-0.15, -0.1) is 0 Å². The van der Waals surface area contributed by atoms with Crippen molar-refractivity contribution in [2.75, 3.05) is 6.61 Å². The molecule has 1 N–H and O–H groups in total. The molecule has 0 fully saturated rings.